The first-order valence-electron chi connectivity index (χ1n) is 12.3. The number of aryl methyl sites for hydroxylation is 1. The number of carbonyl (C=O) groups excluding carboxylic acids is 1. The van der Waals surface area contributed by atoms with Crippen LogP contribution in [0, 0.1) is 0 Å². The van der Waals surface area contributed by atoms with Crippen LogP contribution in [0.1, 0.15) is 49.9 Å². The first-order valence-corrected chi connectivity index (χ1v) is 12.3. The topological polar surface area (TPSA) is 71.4 Å². The lowest BCUT2D eigenvalue weighted by atomic mass is 9.85. The van der Waals surface area contributed by atoms with Gasteiger partial charge in [-0.1, -0.05) is 45.0 Å². The number of aromatic nitrogens is 2. The predicted octanol–water partition coefficient (Wildman–Crippen LogP) is 4.48. The van der Waals surface area contributed by atoms with Crippen LogP contribution < -0.4 is 10.6 Å². The third kappa shape index (κ3) is 4.81. The van der Waals surface area contributed by atoms with Crippen LogP contribution >= 0.6 is 0 Å². The van der Waals surface area contributed by atoms with E-state index in [2.05, 4.69) is 65.7 Å². The van der Waals surface area contributed by atoms with Crippen molar-refractivity contribution in [3.05, 3.63) is 59.3 Å². The molecule has 2 N–H and O–H groups in total. The summed E-state index contributed by atoms with van der Waals surface area (Å²) in [5.74, 6) is 0. The smallest absolute Gasteiger partial charge is 0.319 e. The van der Waals surface area contributed by atoms with Crippen molar-refractivity contribution in [2.24, 2.45) is 0 Å². The van der Waals surface area contributed by atoms with E-state index in [9.17, 15) is 4.79 Å². The Labute approximate surface area is 201 Å². The number of amides is 2. The number of nitrogens with one attached hydrogen (secondary N) is 2. The Bertz CT molecular complexity index is 1170. The van der Waals surface area contributed by atoms with Crippen molar-refractivity contribution in [2.45, 2.75) is 51.6 Å². The van der Waals surface area contributed by atoms with Crippen molar-refractivity contribution >= 4 is 22.6 Å². The van der Waals surface area contributed by atoms with E-state index >= 15 is 0 Å². The van der Waals surface area contributed by atoms with Crippen LogP contribution in [0.25, 0.3) is 10.9 Å². The third-order valence-corrected chi connectivity index (χ3v) is 7.06. The van der Waals surface area contributed by atoms with Crippen molar-refractivity contribution in [2.75, 3.05) is 38.2 Å². The van der Waals surface area contributed by atoms with Gasteiger partial charge in [0.1, 0.15) is 0 Å². The lowest BCUT2D eigenvalue weighted by Gasteiger charge is -2.26. The van der Waals surface area contributed by atoms with Crippen LogP contribution in [0.5, 0.6) is 0 Å². The average molecular weight is 462 g/mol. The molecule has 0 saturated carbocycles. The highest BCUT2D eigenvalue weighted by Gasteiger charge is 2.26. The summed E-state index contributed by atoms with van der Waals surface area (Å²) in [6.07, 6.45) is 3.78. The third-order valence-electron chi connectivity index (χ3n) is 7.06. The summed E-state index contributed by atoms with van der Waals surface area (Å²) in [5, 5.41) is 11.8. The van der Waals surface area contributed by atoms with E-state index in [4.69, 9.17) is 4.74 Å². The normalized spacial score (nSPS) is 18.7. The van der Waals surface area contributed by atoms with Gasteiger partial charge in [-0.3, -0.25) is 9.58 Å². The maximum absolute atomic E-state index is 12.9. The second-order valence-corrected chi connectivity index (χ2v) is 10.4. The zero-order valence-corrected chi connectivity index (χ0v) is 20.4. The summed E-state index contributed by atoms with van der Waals surface area (Å²) >= 11 is 0. The number of ether oxygens (including phenoxy) is 1. The number of fused-ring (bicyclic) bond motifs is 2. The van der Waals surface area contributed by atoms with Crippen molar-refractivity contribution in [3.63, 3.8) is 0 Å². The second kappa shape index (κ2) is 9.39. The lowest BCUT2D eigenvalue weighted by Crippen LogP contribution is -2.38. The molecule has 0 spiro atoms. The van der Waals surface area contributed by atoms with E-state index < -0.39 is 0 Å². The van der Waals surface area contributed by atoms with Crippen molar-refractivity contribution in [1.29, 1.82) is 0 Å². The summed E-state index contributed by atoms with van der Waals surface area (Å²) in [7, 11) is 0. The van der Waals surface area contributed by atoms with Gasteiger partial charge in [-0.15, -0.1) is 0 Å². The molecule has 0 bridgehead atoms. The van der Waals surface area contributed by atoms with Gasteiger partial charge in [0.15, 0.2) is 0 Å². The highest BCUT2D eigenvalue weighted by molar-refractivity contribution is 6.00. The fraction of sp³-hybridized carbons (Fsp3) is 0.481. The van der Waals surface area contributed by atoms with Gasteiger partial charge >= 0.3 is 6.03 Å². The number of urea groups is 1. The number of benzene rings is 2. The van der Waals surface area contributed by atoms with Gasteiger partial charge in [-0.05, 0) is 47.1 Å². The van der Waals surface area contributed by atoms with E-state index in [1.165, 1.54) is 16.7 Å². The molecule has 0 radical (unpaired) electrons. The molecule has 1 aliphatic carbocycles. The fourth-order valence-corrected chi connectivity index (χ4v) is 5.00. The zero-order chi connectivity index (χ0) is 23.7. The molecule has 7 heteroatoms. The molecule has 2 amide bonds. The average Bonchev–Trinajstić information content (AvgIpc) is 3.42. The zero-order valence-electron chi connectivity index (χ0n) is 20.4. The number of nitrogens with zero attached hydrogens (tertiary/aromatic N) is 3. The molecule has 1 atom stereocenters. The first kappa shape index (κ1) is 22.9. The molecule has 2 heterocycles. The molecule has 1 saturated heterocycles. The quantitative estimate of drug-likeness (QED) is 0.588. The highest BCUT2D eigenvalue weighted by atomic mass is 16.5. The molecule has 1 fully saturated rings. The van der Waals surface area contributed by atoms with E-state index in [-0.39, 0.29) is 17.5 Å². The van der Waals surface area contributed by atoms with Crippen molar-refractivity contribution < 1.29 is 9.53 Å². The van der Waals surface area contributed by atoms with Gasteiger partial charge in [0.05, 0.1) is 43.2 Å². The number of carbonyl (C=O) groups is 1. The standard InChI is InChI=1S/C27H35N5O2/c1-27(2,3)20-8-9-21-19(17-20)7-10-24(21)30-26(33)29-23-5-4-6-25-22(23)18-28-32(25)12-11-31-13-15-34-16-14-31/h4-6,8-9,17-18,24H,7,10-16H2,1-3H3,(H2,29,30,33)/t24-/m1/s1. The summed E-state index contributed by atoms with van der Waals surface area (Å²) in [6.45, 7) is 12.0. The second-order valence-electron chi connectivity index (χ2n) is 10.4. The van der Waals surface area contributed by atoms with E-state index in [1.54, 1.807) is 0 Å². The molecule has 34 heavy (non-hydrogen) atoms. The molecule has 0 unspecified atom stereocenters. The minimum absolute atomic E-state index is 0.0412. The molecular weight excluding hydrogens is 426 g/mol. The molecule has 1 aliphatic heterocycles. The molecule has 180 valence electrons. The molecular formula is C27H35N5O2. The van der Waals surface area contributed by atoms with E-state index in [1.807, 2.05) is 23.0 Å². The monoisotopic (exact) mass is 461 g/mol. The SMILES string of the molecule is CC(C)(C)c1ccc2c(c1)CC[C@H]2NC(=O)Nc1cccc2c1cnn2CCN1CCOCC1. The van der Waals surface area contributed by atoms with Crippen LogP contribution in [0.15, 0.2) is 42.6 Å². The molecule has 2 aliphatic rings. The summed E-state index contributed by atoms with van der Waals surface area (Å²) in [6, 6.07) is 12.5. The van der Waals surface area contributed by atoms with Gasteiger partial charge in [0.25, 0.3) is 0 Å². The van der Waals surface area contributed by atoms with Crippen LogP contribution in [0.4, 0.5) is 10.5 Å². The van der Waals surface area contributed by atoms with Crippen LogP contribution in [0.3, 0.4) is 0 Å². The summed E-state index contributed by atoms with van der Waals surface area (Å²) in [5.41, 5.74) is 5.87. The van der Waals surface area contributed by atoms with E-state index in [0.29, 0.717) is 0 Å². The largest absolute Gasteiger partial charge is 0.379 e. The van der Waals surface area contributed by atoms with Gasteiger partial charge in [0, 0.05) is 25.0 Å². The first-order chi connectivity index (χ1) is 16.4. The van der Waals surface area contributed by atoms with Gasteiger partial charge < -0.3 is 15.4 Å². The summed E-state index contributed by atoms with van der Waals surface area (Å²) in [4.78, 5) is 15.3. The number of hydrogen-bond acceptors (Lipinski definition) is 4. The van der Waals surface area contributed by atoms with Crippen molar-refractivity contribution in [1.82, 2.24) is 20.0 Å². The van der Waals surface area contributed by atoms with Crippen LogP contribution in [-0.2, 0) is 23.1 Å². The Kier molecular flexibility index (Phi) is 6.32. The van der Waals surface area contributed by atoms with Crippen LogP contribution in [-0.4, -0.2) is 53.6 Å². The molecule has 5 rings (SSSR count). The summed E-state index contributed by atoms with van der Waals surface area (Å²) < 4.78 is 7.46. The Morgan fingerprint density at radius 2 is 1.97 bits per heavy atom. The molecule has 2 aromatic carbocycles. The fourth-order valence-electron chi connectivity index (χ4n) is 5.00. The minimum atomic E-state index is -0.175. The Morgan fingerprint density at radius 3 is 2.76 bits per heavy atom. The number of hydrogen-bond donors (Lipinski definition) is 2. The molecule has 7 nitrogen and oxygen atoms in total. The van der Waals surface area contributed by atoms with Crippen molar-refractivity contribution in [3.8, 4) is 0 Å². The van der Waals surface area contributed by atoms with Gasteiger partial charge in [0.2, 0.25) is 0 Å². The molecule has 1 aromatic heterocycles. The minimum Gasteiger partial charge on any atom is -0.379 e. The Hall–Kier alpha value is -2.90. The number of anilines is 1. The number of morpholine rings is 1. The maximum Gasteiger partial charge on any atom is 0.319 e. The van der Waals surface area contributed by atoms with Crippen LogP contribution in [0.2, 0.25) is 0 Å². The number of rotatable bonds is 5. The van der Waals surface area contributed by atoms with E-state index in [0.717, 1.165) is 68.8 Å². The highest BCUT2D eigenvalue weighted by Crippen LogP contribution is 2.34. The van der Waals surface area contributed by atoms with Gasteiger partial charge in [-0.2, -0.15) is 5.10 Å². The Balaban J connectivity index is 1.24. The predicted molar refractivity (Wildman–Crippen MR) is 135 cm³/mol. The Morgan fingerprint density at radius 1 is 1.15 bits per heavy atom. The maximum atomic E-state index is 12.9. The van der Waals surface area contributed by atoms with Gasteiger partial charge in [-0.25, -0.2) is 4.79 Å². The molecule has 3 aromatic rings. The lowest BCUT2D eigenvalue weighted by molar-refractivity contribution is 0.0361.